The highest BCUT2D eigenvalue weighted by atomic mass is 16.7. The van der Waals surface area contributed by atoms with E-state index in [9.17, 15) is 30.3 Å². The minimum Gasteiger partial charge on any atom is -0.394 e. The molecule has 1 aliphatic heterocycles. The number of rotatable bonds is 41. The molecule has 1 saturated heterocycles. The van der Waals surface area contributed by atoms with Gasteiger partial charge in [-0.25, -0.2) is 0 Å². The lowest BCUT2D eigenvalue weighted by Gasteiger charge is -2.40. The van der Waals surface area contributed by atoms with Gasteiger partial charge in [0, 0.05) is 6.42 Å². The van der Waals surface area contributed by atoms with Gasteiger partial charge in [0.05, 0.1) is 25.4 Å². The molecule has 64 heavy (non-hydrogen) atoms. The summed E-state index contributed by atoms with van der Waals surface area (Å²) < 4.78 is 11.2. The molecule has 366 valence electrons. The van der Waals surface area contributed by atoms with E-state index in [0.29, 0.717) is 6.42 Å². The Kier molecular flexibility index (Phi) is 40.6. The number of carbonyl (C=O) groups is 1. The van der Waals surface area contributed by atoms with Crippen molar-refractivity contribution in [2.75, 3.05) is 13.2 Å². The van der Waals surface area contributed by atoms with Gasteiger partial charge in [-0.1, -0.05) is 201 Å². The Morgan fingerprint density at radius 1 is 0.547 bits per heavy atom. The number of aliphatic hydroxyl groups is 5. The first kappa shape index (κ1) is 59.1. The van der Waals surface area contributed by atoms with Gasteiger partial charge in [-0.2, -0.15) is 0 Å². The van der Waals surface area contributed by atoms with Crippen LogP contribution in [0, 0.1) is 0 Å². The van der Waals surface area contributed by atoms with E-state index < -0.39 is 49.5 Å². The van der Waals surface area contributed by atoms with Crippen molar-refractivity contribution in [3.63, 3.8) is 0 Å². The topological polar surface area (TPSA) is 149 Å². The van der Waals surface area contributed by atoms with Crippen LogP contribution in [0.2, 0.25) is 0 Å². The van der Waals surface area contributed by atoms with Crippen LogP contribution in [0.5, 0.6) is 0 Å². The van der Waals surface area contributed by atoms with Crippen LogP contribution in [-0.4, -0.2) is 87.5 Å². The van der Waals surface area contributed by atoms with Gasteiger partial charge in [0.15, 0.2) is 6.29 Å². The average Bonchev–Trinajstić information content (AvgIpc) is 3.29. The minimum atomic E-state index is -1.57. The molecular weight excluding hydrogens is 803 g/mol. The molecule has 0 spiro atoms. The average molecular weight is 896 g/mol. The van der Waals surface area contributed by atoms with Gasteiger partial charge in [-0.05, 0) is 77.0 Å². The van der Waals surface area contributed by atoms with Crippen molar-refractivity contribution in [2.45, 2.75) is 230 Å². The summed E-state index contributed by atoms with van der Waals surface area (Å²) in [5.41, 5.74) is 0. The Hall–Kier alpha value is -2.89. The number of carbonyl (C=O) groups excluding carboxylic acids is 1. The van der Waals surface area contributed by atoms with E-state index in [4.69, 9.17) is 9.47 Å². The highest BCUT2D eigenvalue weighted by Crippen LogP contribution is 2.22. The van der Waals surface area contributed by atoms with E-state index in [-0.39, 0.29) is 12.5 Å². The molecule has 0 radical (unpaired) electrons. The number of ether oxygens (including phenoxy) is 2. The summed E-state index contributed by atoms with van der Waals surface area (Å²) in [4.78, 5) is 13.0. The normalized spacial score (nSPS) is 20.9. The Bertz CT molecular complexity index is 1320. The molecule has 6 N–H and O–H groups in total. The van der Waals surface area contributed by atoms with Gasteiger partial charge in [0.1, 0.15) is 24.4 Å². The zero-order chi connectivity index (χ0) is 46.6. The molecule has 0 aromatic heterocycles. The molecule has 0 aromatic rings. The summed E-state index contributed by atoms with van der Waals surface area (Å²) in [7, 11) is 0. The molecule has 1 amide bonds. The van der Waals surface area contributed by atoms with Crippen LogP contribution < -0.4 is 5.32 Å². The molecule has 0 aromatic carbocycles. The highest BCUT2D eigenvalue weighted by molar-refractivity contribution is 5.76. The quantitative estimate of drug-likeness (QED) is 0.0262. The Labute approximate surface area is 390 Å². The minimum absolute atomic E-state index is 0.190. The number of amides is 1. The second kappa shape index (κ2) is 44.0. The largest absolute Gasteiger partial charge is 0.394 e. The lowest BCUT2D eigenvalue weighted by atomic mass is 9.99. The summed E-state index contributed by atoms with van der Waals surface area (Å²) >= 11 is 0. The second-order valence-electron chi connectivity index (χ2n) is 17.2. The van der Waals surface area contributed by atoms with Gasteiger partial charge in [-0.15, -0.1) is 0 Å². The van der Waals surface area contributed by atoms with Gasteiger partial charge < -0.3 is 40.3 Å². The third-order valence-electron chi connectivity index (χ3n) is 11.4. The van der Waals surface area contributed by atoms with Crippen molar-refractivity contribution >= 4 is 5.91 Å². The van der Waals surface area contributed by atoms with Crippen molar-refractivity contribution in [3.8, 4) is 0 Å². The summed E-state index contributed by atoms with van der Waals surface area (Å²) in [5, 5.41) is 54.2. The molecule has 7 unspecified atom stereocenters. The number of nitrogens with one attached hydrogen (secondary N) is 1. The van der Waals surface area contributed by atoms with E-state index in [0.717, 1.165) is 96.3 Å². The Morgan fingerprint density at radius 3 is 1.44 bits per heavy atom. The number of allylic oxidation sites excluding steroid dienone is 15. The summed E-state index contributed by atoms with van der Waals surface area (Å²) in [5.74, 6) is -0.190. The van der Waals surface area contributed by atoms with Crippen LogP contribution in [0.4, 0.5) is 0 Å². The summed E-state index contributed by atoms with van der Waals surface area (Å²) in [6.45, 7) is 3.61. The Morgan fingerprint density at radius 2 is 0.969 bits per heavy atom. The van der Waals surface area contributed by atoms with Crippen LogP contribution in [0.25, 0.3) is 0 Å². The fraction of sp³-hybridized carbons (Fsp3) is 0.691. The van der Waals surface area contributed by atoms with Crippen molar-refractivity contribution in [1.29, 1.82) is 0 Å². The van der Waals surface area contributed by atoms with Gasteiger partial charge >= 0.3 is 0 Å². The van der Waals surface area contributed by atoms with Crippen molar-refractivity contribution in [2.24, 2.45) is 0 Å². The number of unbranched alkanes of at least 4 members (excludes halogenated alkanes) is 17. The molecule has 0 saturated carbocycles. The molecule has 9 heteroatoms. The van der Waals surface area contributed by atoms with Crippen molar-refractivity contribution in [3.05, 3.63) is 97.2 Å². The zero-order valence-corrected chi connectivity index (χ0v) is 40.2. The second-order valence-corrected chi connectivity index (χ2v) is 17.2. The monoisotopic (exact) mass is 896 g/mol. The molecule has 0 aliphatic carbocycles. The van der Waals surface area contributed by atoms with E-state index in [1.807, 2.05) is 6.08 Å². The van der Waals surface area contributed by atoms with Crippen molar-refractivity contribution < 1.29 is 39.8 Å². The van der Waals surface area contributed by atoms with Crippen LogP contribution in [0.1, 0.15) is 187 Å². The zero-order valence-electron chi connectivity index (χ0n) is 40.2. The molecular formula is C55H93NO8. The standard InChI is InChI=1S/C55H93NO8/c1-3-5-7-9-11-13-15-16-17-18-19-20-21-22-23-24-25-26-27-28-29-30-31-32-33-34-35-37-39-41-43-45-51(59)56-48(47-63-55-54(62)53(61)52(60)50(46-57)64-55)49(58)44-42-40-38-36-14-12-10-8-6-4-2/h5,7,11,13,16-17,19-20,22-23,25-26,28-29,42,44,48-50,52-55,57-58,60-62H,3-4,6,8-10,12,14-15,18,21,24,27,30-41,43,45-47H2,1-2H3,(H,56,59)/b7-5-,13-11-,17-16-,20-19-,23-22-,26-25-,29-28-,44-42+. The molecule has 0 bridgehead atoms. The van der Waals surface area contributed by atoms with Crippen LogP contribution in [-0.2, 0) is 14.3 Å². The van der Waals surface area contributed by atoms with Gasteiger partial charge in [-0.3, -0.25) is 4.79 Å². The molecule has 1 rings (SSSR count). The fourth-order valence-corrected chi connectivity index (χ4v) is 7.37. The summed E-state index contributed by atoms with van der Waals surface area (Å²) in [6, 6.07) is -0.812. The van der Waals surface area contributed by atoms with Crippen LogP contribution in [0.3, 0.4) is 0 Å². The molecule has 1 aliphatic rings. The third-order valence-corrected chi connectivity index (χ3v) is 11.4. The van der Waals surface area contributed by atoms with Crippen molar-refractivity contribution in [1.82, 2.24) is 5.32 Å². The van der Waals surface area contributed by atoms with E-state index in [1.54, 1.807) is 6.08 Å². The first-order valence-electron chi connectivity index (χ1n) is 25.5. The fourth-order valence-electron chi connectivity index (χ4n) is 7.37. The lowest BCUT2D eigenvalue weighted by Crippen LogP contribution is -2.60. The maximum atomic E-state index is 13.0. The first-order valence-corrected chi connectivity index (χ1v) is 25.5. The SMILES string of the molecule is CC/C=C\C/C=C\C/C=C\C/C=C\C/C=C\C/C=C\C/C=C\CCCCCCCCCCCC(=O)NC(COC1OC(CO)C(O)C(O)C1O)C(O)/C=C/CCCCCCCCCC. The van der Waals surface area contributed by atoms with Crippen LogP contribution >= 0.6 is 0 Å². The smallest absolute Gasteiger partial charge is 0.220 e. The molecule has 1 fully saturated rings. The first-order chi connectivity index (χ1) is 31.3. The molecule has 7 atom stereocenters. The maximum Gasteiger partial charge on any atom is 0.220 e. The highest BCUT2D eigenvalue weighted by Gasteiger charge is 2.44. The number of aliphatic hydroxyl groups excluding tert-OH is 5. The lowest BCUT2D eigenvalue weighted by molar-refractivity contribution is -0.302. The summed E-state index contributed by atoms with van der Waals surface area (Å²) in [6.07, 6.45) is 56.1. The number of hydrogen-bond acceptors (Lipinski definition) is 8. The van der Waals surface area contributed by atoms with Gasteiger partial charge in [0.25, 0.3) is 0 Å². The van der Waals surface area contributed by atoms with E-state index in [1.165, 1.54) is 70.6 Å². The van der Waals surface area contributed by atoms with Gasteiger partial charge in [0.2, 0.25) is 5.91 Å². The maximum absolute atomic E-state index is 13.0. The van der Waals surface area contributed by atoms with Crippen LogP contribution in [0.15, 0.2) is 97.2 Å². The molecule has 1 heterocycles. The molecule has 9 nitrogen and oxygen atoms in total. The predicted molar refractivity (Wildman–Crippen MR) is 267 cm³/mol. The third kappa shape index (κ3) is 33.6. The Balaban J connectivity index is 2.20. The van der Waals surface area contributed by atoms with E-state index >= 15 is 0 Å². The predicted octanol–water partition coefficient (Wildman–Crippen LogP) is 11.7. The van der Waals surface area contributed by atoms with E-state index in [2.05, 4.69) is 104 Å². The number of hydrogen-bond donors (Lipinski definition) is 6.